The van der Waals surface area contributed by atoms with Crippen molar-refractivity contribution >= 4 is 28.9 Å². The summed E-state index contributed by atoms with van der Waals surface area (Å²) < 4.78 is 0. The van der Waals surface area contributed by atoms with Crippen molar-refractivity contribution in [2.24, 2.45) is 0 Å². The normalized spacial score (nSPS) is 19.2. The number of nitrogens with one attached hydrogen (secondary N) is 1. The molecule has 4 heteroatoms. The van der Waals surface area contributed by atoms with Crippen LogP contribution in [-0.2, 0) is 6.42 Å². The number of hydrogen-bond acceptors (Lipinski definition) is 3. The molecular weight excluding hydrogens is 298 g/mol. The highest BCUT2D eigenvalue weighted by molar-refractivity contribution is 6.33. The van der Waals surface area contributed by atoms with Gasteiger partial charge in [-0.3, -0.25) is 9.59 Å². The van der Waals surface area contributed by atoms with Crippen molar-refractivity contribution < 1.29 is 9.59 Å². The number of benzene rings is 2. The standard InChI is InChI=1S/C18H12ClNO2/c1-9-4-2-7-14-15(9)18(22)16(20-14)12-8-11-10(17(12)21)5-3-6-13(11)19/h2-7,20H,8H2,1H3/b16-12-. The zero-order valence-corrected chi connectivity index (χ0v) is 12.6. The Morgan fingerprint density at radius 1 is 1.05 bits per heavy atom. The van der Waals surface area contributed by atoms with E-state index < -0.39 is 0 Å². The Morgan fingerprint density at radius 3 is 2.55 bits per heavy atom. The van der Waals surface area contributed by atoms with Gasteiger partial charge in [0, 0.05) is 22.6 Å². The minimum absolute atomic E-state index is 0.111. The first-order chi connectivity index (χ1) is 10.6. The average molecular weight is 310 g/mol. The fourth-order valence-corrected chi connectivity index (χ4v) is 3.42. The van der Waals surface area contributed by atoms with E-state index in [9.17, 15) is 9.59 Å². The summed E-state index contributed by atoms with van der Waals surface area (Å²) in [5, 5.41) is 3.69. The summed E-state index contributed by atoms with van der Waals surface area (Å²) in [6.07, 6.45) is 0.398. The first kappa shape index (κ1) is 13.3. The quantitative estimate of drug-likeness (QED) is 0.750. The van der Waals surface area contributed by atoms with Crippen LogP contribution in [0.4, 0.5) is 5.69 Å². The number of hydrogen-bond donors (Lipinski definition) is 1. The first-order valence-corrected chi connectivity index (χ1v) is 7.42. The highest BCUT2D eigenvalue weighted by Crippen LogP contribution is 2.38. The molecule has 4 rings (SSSR count). The molecule has 3 nitrogen and oxygen atoms in total. The van der Waals surface area contributed by atoms with Crippen LogP contribution in [0.15, 0.2) is 47.7 Å². The van der Waals surface area contributed by atoms with Gasteiger partial charge in [-0.05, 0) is 30.2 Å². The number of Topliss-reactive ketones (excluding diaryl/α,β-unsaturated/α-hetero) is 2. The molecule has 22 heavy (non-hydrogen) atoms. The fourth-order valence-electron chi connectivity index (χ4n) is 3.17. The predicted octanol–water partition coefficient (Wildman–Crippen LogP) is 3.95. The maximum atomic E-state index is 12.7. The third-order valence-corrected chi connectivity index (χ3v) is 4.63. The van der Waals surface area contributed by atoms with Crippen LogP contribution in [0.25, 0.3) is 0 Å². The molecule has 0 saturated heterocycles. The topological polar surface area (TPSA) is 46.2 Å². The number of carbonyl (C=O) groups excluding carboxylic acids is 2. The molecule has 2 aromatic rings. The van der Waals surface area contributed by atoms with E-state index in [0.717, 1.165) is 16.8 Å². The molecule has 108 valence electrons. The van der Waals surface area contributed by atoms with Gasteiger partial charge < -0.3 is 5.32 Å². The summed E-state index contributed by atoms with van der Waals surface area (Å²) in [7, 11) is 0. The average Bonchev–Trinajstić information content (AvgIpc) is 3.00. The van der Waals surface area contributed by atoms with Crippen LogP contribution < -0.4 is 5.32 Å². The van der Waals surface area contributed by atoms with Gasteiger partial charge in [0.25, 0.3) is 0 Å². The zero-order valence-electron chi connectivity index (χ0n) is 11.9. The number of allylic oxidation sites excluding steroid dienone is 2. The van der Waals surface area contributed by atoms with Gasteiger partial charge in [0.05, 0.1) is 16.9 Å². The van der Waals surface area contributed by atoms with Crippen molar-refractivity contribution in [3.05, 3.63) is 74.9 Å². The van der Waals surface area contributed by atoms with E-state index in [1.54, 1.807) is 18.2 Å². The number of halogens is 1. The van der Waals surface area contributed by atoms with Crippen molar-refractivity contribution in [1.29, 1.82) is 0 Å². The lowest BCUT2D eigenvalue weighted by molar-refractivity contribution is 0.101. The third-order valence-electron chi connectivity index (χ3n) is 4.28. The van der Waals surface area contributed by atoms with Gasteiger partial charge in [0.1, 0.15) is 0 Å². The number of ketones is 2. The number of rotatable bonds is 0. The fraction of sp³-hybridized carbons (Fsp3) is 0.111. The number of aryl methyl sites for hydroxylation is 1. The lowest BCUT2D eigenvalue weighted by Crippen LogP contribution is -2.10. The maximum Gasteiger partial charge on any atom is 0.211 e. The molecule has 2 aliphatic rings. The molecule has 2 aromatic carbocycles. The molecule has 0 radical (unpaired) electrons. The number of anilines is 1. The van der Waals surface area contributed by atoms with E-state index in [0.29, 0.717) is 33.8 Å². The second kappa shape index (κ2) is 4.55. The highest BCUT2D eigenvalue weighted by atomic mass is 35.5. The van der Waals surface area contributed by atoms with Crippen molar-refractivity contribution in [2.75, 3.05) is 5.32 Å². The SMILES string of the molecule is Cc1cccc2c1C(=O)/C(=C1\Cc3c(Cl)cccc3C1=O)N2. The molecule has 0 atom stereocenters. The molecule has 0 amide bonds. The minimum Gasteiger partial charge on any atom is -0.351 e. The monoisotopic (exact) mass is 309 g/mol. The van der Waals surface area contributed by atoms with Crippen molar-refractivity contribution in [1.82, 2.24) is 0 Å². The van der Waals surface area contributed by atoms with Crippen molar-refractivity contribution in [2.45, 2.75) is 13.3 Å². The van der Waals surface area contributed by atoms with E-state index in [1.807, 2.05) is 25.1 Å². The molecule has 1 aliphatic carbocycles. The van der Waals surface area contributed by atoms with E-state index in [2.05, 4.69) is 5.32 Å². The minimum atomic E-state index is -0.112. The number of fused-ring (bicyclic) bond motifs is 2. The molecule has 1 aliphatic heterocycles. The van der Waals surface area contributed by atoms with E-state index >= 15 is 0 Å². The van der Waals surface area contributed by atoms with Crippen molar-refractivity contribution in [3.8, 4) is 0 Å². The predicted molar refractivity (Wildman–Crippen MR) is 85.6 cm³/mol. The Bertz CT molecular complexity index is 896. The summed E-state index contributed by atoms with van der Waals surface area (Å²) in [5.41, 5.74) is 4.62. The van der Waals surface area contributed by atoms with Gasteiger partial charge in [-0.25, -0.2) is 0 Å². The van der Waals surface area contributed by atoms with Gasteiger partial charge in [0.15, 0.2) is 5.78 Å². The molecule has 0 bridgehead atoms. The van der Waals surface area contributed by atoms with Crippen LogP contribution in [0, 0.1) is 6.92 Å². The Balaban J connectivity index is 1.86. The van der Waals surface area contributed by atoms with Crippen LogP contribution in [-0.4, -0.2) is 11.6 Å². The van der Waals surface area contributed by atoms with Crippen LogP contribution in [0.1, 0.15) is 31.8 Å². The zero-order chi connectivity index (χ0) is 15.4. The summed E-state index contributed by atoms with van der Waals surface area (Å²) in [5.74, 6) is -0.223. The third kappa shape index (κ3) is 1.69. The molecule has 1 N–H and O–H groups in total. The van der Waals surface area contributed by atoms with Crippen LogP contribution in [0.2, 0.25) is 5.02 Å². The molecule has 0 spiro atoms. The summed E-state index contributed by atoms with van der Waals surface area (Å²) in [4.78, 5) is 25.3. The molecule has 0 fully saturated rings. The van der Waals surface area contributed by atoms with Crippen LogP contribution in [0.5, 0.6) is 0 Å². The van der Waals surface area contributed by atoms with E-state index in [1.165, 1.54) is 0 Å². The summed E-state index contributed by atoms with van der Waals surface area (Å²) in [6, 6.07) is 10.9. The lowest BCUT2D eigenvalue weighted by atomic mass is 10.0. The lowest BCUT2D eigenvalue weighted by Gasteiger charge is -2.02. The Hall–Kier alpha value is -2.39. The van der Waals surface area contributed by atoms with E-state index in [4.69, 9.17) is 11.6 Å². The van der Waals surface area contributed by atoms with Crippen molar-refractivity contribution in [3.63, 3.8) is 0 Å². The van der Waals surface area contributed by atoms with Gasteiger partial charge in [-0.1, -0.05) is 35.9 Å². The molecule has 1 heterocycles. The molecular formula is C18H12ClNO2. The highest BCUT2D eigenvalue weighted by Gasteiger charge is 2.35. The van der Waals surface area contributed by atoms with Gasteiger partial charge in [0.2, 0.25) is 5.78 Å². The Morgan fingerprint density at radius 2 is 1.82 bits per heavy atom. The summed E-state index contributed by atoms with van der Waals surface area (Å²) >= 11 is 6.18. The van der Waals surface area contributed by atoms with Gasteiger partial charge in [-0.15, -0.1) is 0 Å². The molecule has 0 saturated carbocycles. The summed E-state index contributed by atoms with van der Waals surface area (Å²) in [6.45, 7) is 1.90. The second-order valence-electron chi connectivity index (χ2n) is 5.58. The van der Waals surface area contributed by atoms with Crippen LogP contribution >= 0.6 is 11.6 Å². The smallest absolute Gasteiger partial charge is 0.211 e. The van der Waals surface area contributed by atoms with Crippen LogP contribution in [0.3, 0.4) is 0 Å². The number of carbonyl (C=O) groups is 2. The van der Waals surface area contributed by atoms with E-state index in [-0.39, 0.29) is 11.6 Å². The molecule has 0 aromatic heterocycles. The largest absolute Gasteiger partial charge is 0.351 e. The van der Waals surface area contributed by atoms with Gasteiger partial charge in [-0.2, -0.15) is 0 Å². The first-order valence-electron chi connectivity index (χ1n) is 7.04. The second-order valence-corrected chi connectivity index (χ2v) is 5.98. The molecule has 0 unspecified atom stereocenters. The Kier molecular flexibility index (Phi) is 2.75. The Labute approximate surface area is 132 Å². The van der Waals surface area contributed by atoms with Gasteiger partial charge >= 0.3 is 0 Å². The maximum absolute atomic E-state index is 12.7.